The first-order valence-electron chi connectivity index (χ1n) is 9.16. The predicted molar refractivity (Wildman–Crippen MR) is 116 cm³/mol. The fraction of sp³-hybridized carbons (Fsp3) is 0.588. The molecule has 4 atom stereocenters. The summed E-state index contributed by atoms with van der Waals surface area (Å²) in [6.45, 7) is 1.46. The lowest BCUT2D eigenvalue weighted by molar-refractivity contribution is -0.142. The molecule has 4 unspecified atom stereocenters. The van der Waals surface area contributed by atoms with E-state index in [0.29, 0.717) is 17.9 Å². The molecule has 0 bridgehead atoms. The largest absolute Gasteiger partial charge is 0.480 e. The molecule has 0 saturated carbocycles. The van der Waals surface area contributed by atoms with Crippen molar-refractivity contribution in [3.8, 4) is 0 Å². The maximum absolute atomic E-state index is 12.5. The van der Waals surface area contributed by atoms with E-state index in [1.165, 1.54) is 19.4 Å². The van der Waals surface area contributed by atoms with Gasteiger partial charge in [-0.05, 0) is 25.4 Å². The number of carboxylic acids is 1. The molecule has 7 N–H and O–H groups in total. The number of carbonyl (C=O) groups excluding carboxylic acids is 3. The summed E-state index contributed by atoms with van der Waals surface area (Å²) >= 11 is 5.61. The van der Waals surface area contributed by atoms with Gasteiger partial charge in [-0.1, -0.05) is 0 Å². The van der Waals surface area contributed by atoms with Gasteiger partial charge < -0.3 is 31.8 Å². The highest BCUT2D eigenvalue weighted by Crippen LogP contribution is 2.02. The molecule has 0 aliphatic carbocycles. The average molecular weight is 461 g/mol. The zero-order chi connectivity index (χ0) is 22.7. The third-order valence-electron chi connectivity index (χ3n) is 4.13. The van der Waals surface area contributed by atoms with E-state index < -0.39 is 47.9 Å². The van der Waals surface area contributed by atoms with Crippen molar-refractivity contribution in [2.75, 3.05) is 17.8 Å². The maximum Gasteiger partial charge on any atom is 0.326 e. The molecule has 0 radical (unpaired) electrons. The quantitative estimate of drug-likeness (QED) is 0.174. The number of carboxylic acid groups (broad SMARTS) is 1. The number of H-pyrrole nitrogens is 1. The van der Waals surface area contributed by atoms with Crippen molar-refractivity contribution in [3.05, 3.63) is 18.2 Å². The standard InChI is InChI=1S/C17H28N6O5S2/c1-9(21-15(25)11(18)3-4-30-2)14(24)23-13(7-29)16(26)22-12(17(27)28)5-10-6-19-8-20-10/h6,8-9,11-13,29H,3-5,7,18H2,1-2H3,(H,19,20)(H,21,25)(H,22,26)(H,23,24)(H,27,28). The topological polar surface area (TPSA) is 179 Å². The Morgan fingerprint density at radius 2 is 1.87 bits per heavy atom. The number of hydrogen-bond donors (Lipinski definition) is 7. The van der Waals surface area contributed by atoms with E-state index in [4.69, 9.17) is 5.73 Å². The second-order valence-corrected chi connectivity index (χ2v) is 7.89. The molecule has 3 amide bonds. The van der Waals surface area contributed by atoms with Crippen molar-refractivity contribution in [2.24, 2.45) is 5.73 Å². The van der Waals surface area contributed by atoms with Gasteiger partial charge in [-0.3, -0.25) is 14.4 Å². The molecule has 1 aromatic heterocycles. The number of thioether (sulfide) groups is 1. The Labute approximate surface area is 184 Å². The Balaban J connectivity index is 2.62. The van der Waals surface area contributed by atoms with Crippen LogP contribution in [0.4, 0.5) is 0 Å². The van der Waals surface area contributed by atoms with Crippen LogP contribution in [0.5, 0.6) is 0 Å². The fourth-order valence-corrected chi connectivity index (χ4v) is 3.09. The first-order chi connectivity index (χ1) is 14.2. The molecule has 0 fully saturated rings. The van der Waals surface area contributed by atoms with Gasteiger partial charge in [-0.15, -0.1) is 0 Å². The van der Waals surface area contributed by atoms with Crippen molar-refractivity contribution in [1.29, 1.82) is 0 Å². The summed E-state index contributed by atoms with van der Waals surface area (Å²) < 4.78 is 0. The number of aliphatic carboxylic acids is 1. The molecule has 1 heterocycles. The normalized spacial score (nSPS) is 14.8. The highest BCUT2D eigenvalue weighted by molar-refractivity contribution is 7.98. The number of nitrogens with two attached hydrogens (primary N) is 1. The summed E-state index contributed by atoms with van der Waals surface area (Å²) in [5, 5.41) is 16.7. The Hall–Kier alpha value is -2.25. The number of carbonyl (C=O) groups is 4. The number of nitrogens with one attached hydrogen (secondary N) is 4. The Kier molecular flexibility index (Phi) is 11.3. The molecular weight excluding hydrogens is 432 g/mol. The second kappa shape index (κ2) is 13.1. The monoisotopic (exact) mass is 460 g/mol. The number of thiol groups is 1. The third kappa shape index (κ3) is 8.63. The minimum Gasteiger partial charge on any atom is -0.480 e. The SMILES string of the molecule is CSCCC(N)C(=O)NC(C)C(=O)NC(CS)C(=O)NC(Cc1cnc[nH]1)C(=O)O. The fourth-order valence-electron chi connectivity index (χ4n) is 2.34. The number of rotatable bonds is 13. The highest BCUT2D eigenvalue weighted by Gasteiger charge is 2.28. The molecule has 13 heteroatoms. The molecule has 0 spiro atoms. The molecule has 168 valence electrons. The summed E-state index contributed by atoms with van der Waals surface area (Å²) in [6, 6.07) is -3.98. The number of aromatic amines is 1. The maximum atomic E-state index is 12.5. The summed E-state index contributed by atoms with van der Waals surface area (Å²) in [5.41, 5.74) is 6.30. The molecule has 30 heavy (non-hydrogen) atoms. The number of nitrogens with zero attached hydrogens (tertiary/aromatic N) is 1. The summed E-state index contributed by atoms with van der Waals surface area (Å²) in [6.07, 6.45) is 5.21. The van der Waals surface area contributed by atoms with E-state index in [2.05, 4.69) is 38.5 Å². The van der Waals surface area contributed by atoms with Gasteiger partial charge in [0.05, 0.1) is 12.4 Å². The van der Waals surface area contributed by atoms with E-state index in [0.717, 1.165) is 0 Å². The third-order valence-corrected chi connectivity index (χ3v) is 5.14. The average Bonchev–Trinajstić information content (AvgIpc) is 3.22. The van der Waals surface area contributed by atoms with Gasteiger partial charge in [0.15, 0.2) is 0 Å². The number of hydrogen-bond acceptors (Lipinski definition) is 8. The molecule has 0 aliphatic heterocycles. The number of aromatic nitrogens is 2. The Bertz CT molecular complexity index is 718. The van der Waals surface area contributed by atoms with Crippen molar-refractivity contribution < 1.29 is 24.3 Å². The van der Waals surface area contributed by atoms with E-state index >= 15 is 0 Å². The van der Waals surface area contributed by atoms with Crippen LogP contribution in [0, 0.1) is 0 Å². The Morgan fingerprint density at radius 1 is 1.20 bits per heavy atom. The summed E-state index contributed by atoms with van der Waals surface area (Å²) in [7, 11) is 0. The number of imidazole rings is 1. The van der Waals surface area contributed by atoms with Crippen LogP contribution in [0.2, 0.25) is 0 Å². The van der Waals surface area contributed by atoms with Gasteiger partial charge in [-0.25, -0.2) is 9.78 Å². The second-order valence-electron chi connectivity index (χ2n) is 6.54. The van der Waals surface area contributed by atoms with Gasteiger partial charge in [0.1, 0.15) is 18.1 Å². The molecule has 11 nitrogen and oxygen atoms in total. The van der Waals surface area contributed by atoms with Crippen LogP contribution in [0.3, 0.4) is 0 Å². The van der Waals surface area contributed by atoms with E-state index in [-0.39, 0.29) is 12.2 Å². The summed E-state index contributed by atoms with van der Waals surface area (Å²) in [5.74, 6) is -2.39. The lowest BCUT2D eigenvalue weighted by atomic mass is 10.1. The van der Waals surface area contributed by atoms with Crippen LogP contribution in [-0.2, 0) is 25.6 Å². The zero-order valence-corrected chi connectivity index (χ0v) is 18.5. The van der Waals surface area contributed by atoms with Gasteiger partial charge >= 0.3 is 5.97 Å². The molecule has 0 aromatic carbocycles. The first-order valence-corrected chi connectivity index (χ1v) is 11.2. The minimum absolute atomic E-state index is 0.00525. The predicted octanol–water partition coefficient (Wildman–Crippen LogP) is -1.48. The smallest absolute Gasteiger partial charge is 0.326 e. The summed E-state index contributed by atoms with van der Waals surface area (Å²) in [4.78, 5) is 54.8. The first kappa shape index (κ1) is 25.8. The van der Waals surface area contributed by atoms with Crippen LogP contribution < -0.4 is 21.7 Å². The molecule has 0 aliphatic rings. The molecule has 0 saturated heterocycles. The van der Waals surface area contributed by atoms with E-state index in [1.807, 2.05) is 6.26 Å². The van der Waals surface area contributed by atoms with Crippen molar-refractivity contribution in [2.45, 2.75) is 43.9 Å². The minimum atomic E-state index is -1.23. The number of amides is 3. The lowest BCUT2D eigenvalue weighted by Gasteiger charge is -2.22. The van der Waals surface area contributed by atoms with Crippen molar-refractivity contribution in [1.82, 2.24) is 25.9 Å². The Morgan fingerprint density at radius 3 is 2.40 bits per heavy atom. The molecule has 1 rings (SSSR count). The lowest BCUT2D eigenvalue weighted by Crippen LogP contribution is -2.57. The van der Waals surface area contributed by atoms with Gasteiger partial charge in [-0.2, -0.15) is 24.4 Å². The van der Waals surface area contributed by atoms with Crippen LogP contribution in [0.1, 0.15) is 19.0 Å². The van der Waals surface area contributed by atoms with E-state index in [9.17, 15) is 24.3 Å². The van der Waals surface area contributed by atoms with Crippen LogP contribution in [-0.4, -0.2) is 80.7 Å². The zero-order valence-electron chi connectivity index (χ0n) is 16.8. The van der Waals surface area contributed by atoms with Crippen LogP contribution in [0.25, 0.3) is 0 Å². The van der Waals surface area contributed by atoms with Crippen molar-refractivity contribution >= 4 is 48.1 Å². The highest BCUT2D eigenvalue weighted by atomic mass is 32.2. The van der Waals surface area contributed by atoms with Gasteiger partial charge in [0.2, 0.25) is 17.7 Å². The van der Waals surface area contributed by atoms with Crippen LogP contribution in [0.15, 0.2) is 12.5 Å². The van der Waals surface area contributed by atoms with E-state index in [1.54, 1.807) is 11.8 Å². The van der Waals surface area contributed by atoms with Gasteiger partial charge in [0, 0.05) is 24.1 Å². The van der Waals surface area contributed by atoms with Crippen LogP contribution >= 0.6 is 24.4 Å². The van der Waals surface area contributed by atoms with Gasteiger partial charge in [0.25, 0.3) is 0 Å². The molecular formula is C17H28N6O5S2. The molecule has 1 aromatic rings. The van der Waals surface area contributed by atoms with Crippen molar-refractivity contribution in [3.63, 3.8) is 0 Å².